The van der Waals surface area contributed by atoms with Crippen LogP contribution in [0.5, 0.6) is 0 Å². The number of nitro benzene ring substituents is 1. The number of methoxy groups -OCH3 is 1. The van der Waals surface area contributed by atoms with Crippen molar-refractivity contribution in [3.05, 3.63) is 70.4 Å². The molecular formula is C16H12N4O4. The van der Waals surface area contributed by atoms with Gasteiger partial charge in [-0.05, 0) is 24.3 Å². The molecule has 0 aliphatic heterocycles. The minimum absolute atomic E-state index is 0.0372. The fourth-order valence-electron chi connectivity index (χ4n) is 2.27. The molecule has 0 radical (unpaired) electrons. The normalized spacial score (nSPS) is 10.4. The molecule has 120 valence electrons. The van der Waals surface area contributed by atoms with Crippen LogP contribution >= 0.6 is 0 Å². The third-order valence-electron chi connectivity index (χ3n) is 3.40. The van der Waals surface area contributed by atoms with Crippen LogP contribution in [0.2, 0.25) is 0 Å². The molecule has 0 amide bonds. The first-order chi connectivity index (χ1) is 11.6. The van der Waals surface area contributed by atoms with Gasteiger partial charge in [0.1, 0.15) is 5.69 Å². The van der Waals surface area contributed by atoms with E-state index in [2.05, 4.69) is 10.3 Å². The lowest BCUT2D eigenvalue weighted by Gasteiger charge is -2.07. The largest absolute Gasteiger partial charge is 0.464 e. The topological polar surface area (TPSA) is 100 Å². The van der Waals surface area contributed by atoms with Crippen molar-refractivity contribution < 1.29 is 14.5 Å². The van der Waals surface area contributed by atoms with Gasteiger partial charge in [-0.15, -0.1) is 5.10 Å². The third kappa shape index (κ3) is 2.72. The predicted molar refractivity (Wildman–Crippen MR) is 84.8 cm³/mol. The van der Waals surface area contributed by atoms with Crippen LogP contribution in [0, 0.1) is 10.1 Å². The van der Waals surface area contributed by atoms with E-state index in [4.69, 9.17) is 4.74 Å². The molecule has 0 atom stereocenters. The van der Waals surface area contributed by atoms with Crippen molar-refractivity contribution in [2.75, 3.05) is 7.11 Å². The minimum Gasteiger partial charge on any atom is -0.464 e. The van der Waals surface area contributed by atoms with Crippen molar-refractivity contribution in [3.8, 4) is 16.9 Å². The van der Waals surface area contributed by atoms with E-state index in [1.165, 1.54) is 23.9 Å². The van der Waals surface area contributed by atoms with Crippen LogP contribution < -0.4 is 0 Å². The predicted octanol–water partition coefficient (Wildman–Crippen LogP) is 2.63. The van der Waals surface area contributed by atoms with Crippen LogP contribution in [0.3, 0.4) is 0 Å². The Hall–Kier alpha value is -3.55. The second-order valence-electron chi connectivity index (χ2n) is 4.83. The number of hydrogen-bond donors (Lipinski definition) is 0. The summed E-state index contributed by atoms with van der Waals surface area (Å²) in [4.78, 5) is 22.3. The summed E-state index contributed by atoms with van der Waals surface area (Å²) in [6.07, 6.45) is 0. The van der Waals surface area contributed by atoms with Crippen molar-refractivity contribution >= 4 is 11.7 Å². The van der Waals surface area contributed by atoms with Crippen LogP contribution in [-0.2, 0) is 4.74 Å². The quantitative estimate of drug-likeness (QED) is 0.415. The van der Waals surface area contributed by atoms with Gasteiger partial charge in [-0.3, -0.25) is 10.1 Å². The van der Waals surface area contributed by atoms with E-state index in [1.807, 2.05) is 30.3 Å². The zero-order valence-corrected chi connectivity index (χ0v) is 12.6. The second-order valence-corrected chi connectivity index (χ2v) is 4.83. The second kappa shape index (κ2) is 6.29. The van der Waals surface area contributed by atoms with Crippen LogP contribution in [0.15, 0.2) is 54.6 Å². The molecule has 0 aliphatic rings. The molecule has 8 nitrogen and oxygen atoms in total. The number of ether oxygens (including phenoxy) is 1. The fraction of sp³-hybridized carbons (Fsp3) is 0.0625. The number of nitrogens with zero attached hydrogens (tertiary/aromatic N) is 4. The summed E-state index contributed by atoms with van der Waals surface area (Å²) in [5, 5.41) is 18.7. The fourth-order valence-corrected chi connectivity index (χ4v) is 2.27. The van der Waals surface area contributed by atoms with Gasteiger partial charge in [0, 0.05) is 17.7 Å². The maximum absolute atomic E-state index is 12.0. The summed E-state index contributed by atoms with van der Waals surface area (Å²) in [5.74, 6) is -0.634. The Morgan fingerprint density at radius 1 is 1.12 bits per heavy atom. The van der Waals surface area contributed by atoms with E-state index in [9.17, 15) is 14.9 Å². The number of benzene rings is 2. The van der Waals surface area contributed by atoms with Crippen molar-refractivity contribution in [3.63, 3.8) is 0 Å². The summed E-state index contributed by atoms with van der Waals surface area (Å²) >= 11 is 0. The highest BCUT2D eigenvalue weighted by Gasteiger charge is 2.23. The maximum Gasteiger partial charge on any atom is 0.360 e. The van der Waals surface area contributed by atoms with Crippen molar-refractivity contribution in [2.45, 2.75) is 0 Å². The Morgan fingerprint density at radius 3 is 2.38 bits per heavy atom. The number of carbonyl (C=O) groups is 1. The van der Waals surface area contributed by atoms with Gasteiger partial charge >= 0.3 is 5.97 Å². The smallest absolute Gasteiger partial charge is 0.360 e. The van der Waals surface area contributed by atoms with Gasteiger partial charge in [0.05, 0.1) is 17.7 Å². The molecule has 1 heterocycles. The molecule has 0 aliphatic carbocycles. The summed E-state index contributed by atoms with van der Waals surface area (Å²) in [7, 11) is 1.25. The molecule has 3 rings (SSSR count). The summed E-state index contributed by atoms with van der Waals surface area (Å²) < 4.78 is 6.24. The number of non-ortho nitro benzene ring substituents is 1. The molecule has 0 N–H and O–H groups in total. The molecule has 2 aromatic carbocycles. The number of nitro groups is 1. The highest BCUT2D eigenvalue weighted by Crippen LogP contribution is 2.27. The molecule has 0 unspecified atom stereocenters. The van der Waals surface area contributed by atoms with Crippen LogP contribution in [0.1, 0.15) is 10.5 Å². The Labute approximate surface area is 136 Å². The van der Waals surface area contributed by atoms with E-state index in [-0.39, 0.29) is 11.4 Å². The van der Waals surface area contributed by atoms with Crippen molar-refractivity contribution in [2.24, 2.45) is 0 Å². The van der Waals surface area contributed by atoms with Gasteiger partial charge in [0.2, 0.25) is 0 Å². The number of rotatable bonds is 4. The van der Waals surface area contributed by atoms with E-state index >= 15 is 0 Å². The number of esters is 1. The van der Waals surface area contributed by atoms with Gasteiger partial charge < -0.3 is 4.74 Å². The molecule has 3 aromatic rings. The average Bonchev–Trinajstić information content (AvgIpc) is 3.07. The van der Waals surface area contributed by atoms with Gasteiger partial charge in [-0.25, -0.2) is 9.48 Å². The summed E-state index contributed by atoms with van der Waals surface area (Å²) in [6, 6.07) is 14.9. The first-order valence-electron chi connectivity index (χ1n) is 6.96. The van der Waals surface area contributed by atoms with Crippen molar-refractivity contribution in [1.29, 1.82) is 0 Å². The van der Waals surface area contributed by atoms with E-state index in [0.29, 0.717) is 16.9 Å². The molecule has 0 bridgehead atoms. The monoisotopic (exact) mass is 324 g/mol. The molecule has 0 fully saturated rings. The van der Waals surface area contributed by atoms with Gasteiger partial charge in [-0.1, -0.05) is 23.4 Å². The first-order valence-corrected chi connectivity index (χ1v) is 6.96. The molecular weight excluding hydrogens is 312 g/mol. The highest BCUT2D eigenvalue weighted by atomic mass is 16.6. The minimum atomic E-state index is -0.634. The third-order valence-corrected chi connectivity index (χ3v) is 3.40. The molecule has 0 spiro atoms. The van der Waals surface area contributed by atoms with Gasteiger partial charge in [0.15, 0.2) is 5.69 Å². The Kier molecular flexibility index (Phi) is 4.02. The molecule has 0 saturated heterocycles. The van der Waals surface area contributed by atoms with Gasteiger partial charge in [0.25, 0.3) is 5.69 Å². The number of para-hydroxylation sites is 1. The number of aromatic nitrogens is 3. The van der Waals surface area contributed by atoms with E-state index in [1.54, 1.807) is 12.1 Å². The summed E-state index contributed by atoms with van der Waals surface area (Å²) in [5.41, 5.74) is 1.67. The summed E-state index contributed by atoms with van der Waals surface area (Å²) in [6.45, 7) is 0. The Bertz CT molecular complexity index is 888. The Balaban J connectivity index is 2.18. The number of carbonyl (C=O) groups excluding carboxylic acids is 1. The van der Waals surface area contributed by atoms with Gasteiger partial charge in [-0.2, -0.15) is 0 Å². The first kappa shape index (κ1) is 15.3. The lowest BCUT2D eigenvalue weighted by Crippen LogP contribution is -2.05. The molecule has 24 heavy (non-hydrogen) atoms. The molecule has 0 saturated carbocycles. The standard InChI is InChI=1S/C16H12N4O4/c1-24-16(21)14-15(11-7-9-13(10-8-11)20(22)23)19(18-17-14)12-5-3-2-4-6-12/h2-10H,1H3. The zero-order valence-electron chi connectivity index (χ0n) is 12.6. The van der Waals surface area contributed by atoms with Crippen molar-refractivity contribution in [1.82, 2.24) is 15.0 Å². The van der Waals surface area contributed by atoms with E-state index in [0.717, 1.165) is 0 Å². The lowest BCUT2D eigenvalue weighted by molar-refractivity contribution is -0.384. The van der Waals surface area contributed by atoms with Crippen LogP contribution in [0.25, 0.3) is 16.9 Å². The Morgan fingerprint density at radius 2 is 1.79 bits per heavy atom. The lowest BCUT2D eigenvalue weighted by atomic mass is 10.1. The van der Waals surface area contributed by atoms with Crippen LogP contribution in [-0.4, -0.2) is 33.0 Å². The highest BCUT2D eigenvalue weighted by molar-refractivity contribution is 5.94. The average molecular weight is 324 g/mol. The van der Waals surface area contributed by atoms with Crippen LogP contribution in [0.4, 0.5) is 5.69 Å². The van der Waals surface area contributed by atoms with E-state index < -0.39 is 10.9 Å². The number of hydrogen-bond acceptors (Lipinski definition) is 6. The molecule has 8 heteroatoms. The maximum atomic E-state index is 12.0. The SMILES string of the molecule is COC(=O)c1nnn(-c2ccccc2)c1-c1ccc([N+](=O)[O-])cc1. The molecule has 1 aromatic heterocycles. The zero-order chi connectivity index (χ0) is 17.1.